The zero-order valence-electron chi connectivity index (χ0n) is 8.77. The maximum Gasteiger partial charge on any atom is 0.253 e. The normalized spacial score (nSPS) is 12.2. The SMILES string of the molecule is CCC(CCl)NC(=O)c1cccc(Br)c1Cl. The Bertz CT molecular complexity index is 380. The van der Waals surface area contributed by atoms with Crippen LogP contribution in [0, 0.1) is 0 Å². The van der Waals surface area contributed by atoms with Crippen molar-refractivity contribution in [1.29, 1.82) is 0 Å². The van der Waals surface area contributed by atoms with Crippen molar-refractivity contribution in [3.05, 3.63) is 33.3 Å². The fraction of sp³-hybridized carbons (Fsp3) is 0.364. The van der Waals surface area contributed by atoms with Crippen molar-refractivity contribution in [1.82, 2.24) is 5.32 Å². The van der Waals surface area contributed by atoms with E-state index in [-0.39, 0.29) is 11.9 Å². The maximum atomic E-state index is 11.9. The second kappa shape index (κ2) is 6.48. The van der Waals surface area contributed by atoms with E-state index in [1.165, 1.54) is 0 Å². The second-order valence-electron chi connectivity index (χ2n) is 3.33. The van der Waals surface area contributed by atoms with Gasteiger partial charge in [0.1, 0.15) is 0 Å². The van der Waals surface area contributed by atoms with Crippen molar-refractivity contribution in [2.75, 3.05) is 5.88 Å². The van der Waals surface area contributed by atoms with E-state index in [1.807, 2.05) is 6.92 Å². The lowest BCUT2D eigenvalue weighted by Gasteiger charge is -2.14. The average molecular weight is 325 g/mol. The van der Waals surface area contributed by atoms with Gasteiger partial charge in [0.15, 0.2) is 0 Å². The number of amides is 1. The number of carbonyl (C=O) groups excluding carboxylic acids is 1. The number of halogens is 3. The van der Waals surface area contributed by atoms with Gasteiger partial charge in [-0.25, -0.2) is 0 Å². The molecule has 1 unspecified atom stereocenters. The standard InChI is InChI=1S/C11H12BrCl2NO/c1-2-7(6-13)15-11(16)8-4-3-5-9(12)10(8)14/h3-5,7H,2,6H2,1H3,(H,15,16). The molecular weight excluding hydrogens is 313 g/mol. The first-order valence-electron chi connectivity index (χ1n) is 4.91. The highest BCUT2D eigenvalue weighted by Crippen LogP contribution is 2.25. The molecule has 0 radical (unpaired) electrons. The minimum absolute atomic E-state index is 0.0239. The Hall–Kier alpha value is -0.250. The summed E-state index contributed by atoms with van der Waals surface area (Å²) in [5.41, 5.74) is 0.458. The molecule has 1 amide bonds. The van der Waals surface area contributed by atoms with Gasteiger partial charge in [0, 0.05) is 16.4 Å². The summed E-state index contributed by atoms with van der Waals surface area (Å²) in [6, 6.07) is 5.22. The molecule has 1 aromatic carbocycles. The van der Waals surface area contributed by atoms with E-state index in [4.69, 9.17) is 23.2 Å². The molecule has 0 saturated heterocycles. The smallest absolute Gasteiger partial charge is 0.253 e. The molecule has 0 bridgehead atoms. The molecule has 0 fully saturated rings. The van der Waals surface area contributed by atoms with Crippen molar-refractivity contribution in [2.24, 2.45) is 0 Å². The highest BCUT2D eigenvalue weighted by atomic mass is 79.9. The minimum Gasteiger partial charge on any atom is -0.348 e. The predicted octanol–water partition coefficient (Wildman–Crippen LogP) is 3.85. The summed E-state index contributed by atoms with van der Waals surface area (Å²) in [5, 5.41) is 3.25. The summed E-state index contributed by atoms with van der Waals surface area (Å²) in [4.78, 5) is 11.9. The van der Waals surface area contributed by atoms with Crippen LogP contribution in [0.5, 0.6) is 0 Å². The van der Waals surface area contributed by atoms with Gasteiger partial charge in [-0.05, 0) is 34.5 Å². The average Bonchev–Trinajstić information content (AvgIpc) is 2.29. The lowest BCUT2D eigenvalue weighted by Crippen LogP contribution is -2.35. The third-order valence-corrected chi connectivity index (χ3v) is 3.88. The largest absolute Gasteiger partial charge is 0.348 e. The summed E-state index contributed by atoms with van der Waals surface area (Å²) < 4.78 is 0.709. The number of rotatable bonds is 4. The van der Waals surface area contributed by atoms with E-state index < -0.39 is 0 Å². The van der Waals surface area contributed by atoms with E-state index in [1.54, 1.807) is 18.2 Å². The van der Waals surface area contributed by atoms with Crippen LogP contribution in [-0.2, 0) is 0 Å². The van der Waals surface area contributed by atoms with E-state index in [0.29, 0.717) is 20.9 Å². The molecule has 5 heteroatoms. The Morgan fingerprint density at radius 2 is 2.25 bits per heavy atom. The molecule has 2 nitrogen and oxygen atoms in total. The van der Waals surface area contributed by atoms with Gasteiger partial charge in [-0.15, -0.1) is 11.6 Å². The number of hydrogen-bond acceptors (Lipinski definition) is 1. The summed E-state index contributed by atoms with van der Waals surface area (Å²) >= 11 is 15.0. The molecule has 1 N–H and O–H groups in total. The molecular formula is C11H12BrCl2NO. The second-order valence-corrected chi connectivity index (χ2v) is 4.88. The topological polar surface area (TPSA) is 29.1 Å². The molecule has 1 aromatic rings. The van der Waals surface area contributed by atoms with Crippen LogP contribution in [0.4, 0.5) is 0 Å². The van der Waals surface area contributed by atoms with Crippen molar-refractivity contribution in [3.63, 3.8) is 0 Å². The lowest BCUT2D eigenvalue weighted by molar-refractivity contribution is 0.0940. The van der Waals surface area contributed by atoms with Crippen LogP contribution in [-0.4, -0.2) is 17.8 Å². The van der Waals surface area contributed by atoms with Crippen molar-refractivity contribution in [2.45, 2.75) is 19.4 Å². The van der Waals surface area contributed by atoms with Crippen LogP contribution in [0.25, 0.3) is 0 Å². The van der Waals surface area contributed by atoms with Crippen LogP contribution in [0.2, 0.25) is 5.02 Å². The zero-order chi connectivity index (χ0) is 12.1. The van der Waals surface area contributed by atoms with Crippen molar-refractivity contribution < 1.29 is 4.79 Å². The molecule has 88 valence electrons. The van der Waals surface area contributed by atoms with Gasteiger partial charge >= 0.3 is 0 Å². The van der Waals surface area contributed by atoms with Gasteiger partial charge < -0.3 is 5.32 Å². The van der Waals surface area contributed by atoms with Crippen molar-refractivity contribution in [3.8, 4) is 0 Å². The number of nitrogens with one attached hydrogen (secondary N) is 1. The minimum atomic E-state index is -0.196. The Morgan fingerprint density at radius 1 is 1.56 bits per heavy atom. The van der Waals surface area contributed by atoms with Crippen molar-refractivity contribution >= 4 is 45.0 Å². The number of hydrogen-bond donors (Lipinski definition) is 1. The summed E-state index contributed by atoms with van der Waals surface area (Å²) in [6.07, 6.45) is 0.793. The Balaban J connectivity index is 2.84. The third kappa shape index (κ3) is 3.37. The zero-order valence-corrected chi connectivity index (χ0v) is 11.9. The predicted molar refractivity (Wildman–Crippen MR) is 71.4 cm³/mol. The summed E-state index contributed by atoms with van der Waals surface area (Å²) in [5.74, 6) is 0.201. The first-order chi connectivity index (χ1) is 7.60. The monoisotopic (exact) mass is 323 g/mol. The van der Waals surface area contributed by atoms with E-state index in [2.05, 4.69) is 21.2 Å². The Labute approximate surface area is 113 Å². The number of carbonyl (C=O) groups is 1. The summed E-state index contributed by atoms with van der Waals surface area (Å²) in [6.45, 7) is 1.97. The lowest BCUT2D eigenvalue weighted by atomic mass is 10.2. The van der Waals surface area contributed by atoms with Gasteiger partial charge in [0.25, 0.3) is 5.91 Å². The van der Waals surface area contributed by atoms with Gasteiger partial charge in [-0.3, -0.25) is 4.79 Å². The molecule has 0 aliphatic rings. The van der Waals surface area contributed by atoms with Crippen LogP contribution in [0.3, 0.4) is 0 Å². The van der Waals surface area contributed by atoms with E-state index in [0.717, 1.165) is 6.42 Å². The third-order valence-electron chi connectivity index (χ3n) is 2.21. The molecule has 1 atom stereocenters. The van der Waals surface area contributed by atoms with Gasteiger partial charge in [-0.2, -0.15) is 0 Å². The van der Waals surface area contributed by atoms with Crippen LogP contribution >= 0.6 is 39.1 Å². The first kappa shape index (κ1) is 13.8. The van der Waals surface area contributed by atoms with Crippen LogP contribution in [0.1, 0.15) is 23.7 Å². The quantitative estimate of drug-likeness (QED) is 0.837. The van der Waals surface area contributed by atoms with Gasteiger partial charge in [0.2, 0.25) is 0 Å². The molecule has 16 heavy (non-hydrogen) atoms. The van der Waals surface area contributed by atoms with E-state index >= 15 is 0 Å². The van der Waals surface area contributed by atoms with Crippen LogP contribution < -0.4 is 5.32 Å². The fourth-order valence-corrected chi connectivity index (χ4v) is 2.07. The molecule has 0 spiro atoms. The van der Waals surface area contributed by atoms with Gasteiger partial charge in [0.05, 0.1) is 10.6 Å². The van der Waals surface area contributed by atoms with Crippen LogP contribution in [0.15, 0.2) is 22.7 Å². The molecule has 0 aliphatic heterocycles. The molecule has 0 heterocycles. The highest BCUT2D eigenvalue weighted by molar-refractivity contribution is 9.10. The molecule has 1 rings (SSSR count). The molecule has 0 saturated carbocycles. The Morgan fingerprint density at radius 3 is 2.81 bits per heavy atom. The maximum absolute atomic E-state index is 11.9. The van der Waals surface area contributed by atoms with Gasteiger partial charge in [-0.1, -0.05) is 24.6 Å². The number of benzene rings is 1. The molecule has 0 aliphatic carbocycles. The molecule has 0 aromatic heterocycles. The fourth-order valence-electron chi connectivity index (χ4n) is 1.19. The first-order valence-corrected chi connectivity index (χ1v) is 6.61. The highest BCUT2D eigenvalue weighted by Gasteiger charge is 2.15. The number of alkyl halides is 1. The Kier molecular flexibility index (Phi) is 5.59. The summed E-state index contributed by atoms with van der Waals surface area (Å²) in [7, 11) is 0. The van der Waals surface area contributed by atoms with E-state index in [9.17, 15) is 4.79 Å².